The molecule has 0 bridgehead atoms. The molecule has 0 saturated heterocycles. The number of hydrogen-bond acceptors (Lipinski definition) is 1. The molecular weight excluding hydrogens is 307 g/mol. The van der Waals surface area contributed by atoms with Gasteiger partial charge in [-0.2, -0.15) is 0 Å². The standard InChI is InChI=1S/C14H19F5OSi/c1-7(2)6-8(3)20-21(4,5)14-12(18)10(16)9(15)11(17)13(14)19/h7-8H,6H2,1-5H3. The normalized spacial score (nSPS) is 13.9. The highest BCUT2D eigenvalue weighted by Crippen LogP contribution is 2.22. The molecule has 0 N–H and O–H groups in total. The quantitative estimate of drug-likeness (QED) is 0.340. The Bertz CT molecular complexity index is 502. The van der Waals surface area contributed by atoms with E-state index in [0.717, 1.165) is 0 Å². The predicted molar refractivity (Wildman–Crippen MR) is 73.4 cm³/mol. The third-order valence-electron chi connectivity index (χ3n) is 3.11. The number of rotatable bonds is 5. The Kier molecular flexibility index (Phi) is 5.55. The molecule has 1 atom stereocenters. The van der Waals surface area contributed by atoms with Crippen LogP contribution in [0.2, 0.25) is 13.1 Å². The molecule has 120 valence electrons. The molecule has 0 saturated carbocycles. The first-order valence-electron chi connectivity index (χ1n) is 6.68. The largest absolute Gasteiger partial charge is 0.410 e. The summed E-state index contributed by atoms with van der Waals surface area (Å²) in [6.45, 7) is 8.46. The van der Waals surface area contributed by atoms with Crippen LogP contribution in [-0.4, -0.2) is 14.4 Å². The minimum Gasteiger partial charge on any atom is -0.410 e. The maximum absolute atomic E-state index is 13.8. The second-order valence-electron chi connectivity index (χ2n) is 6.01. The van der Waals surface area contributed by atoms with Crippen LogP contribution >= 0.6 is 0 Å². The zero-order valence-corrected chi connectivity index (χ0v) is 13.7. The lowest BCUT2D eigenvalue weighted by Gasteiger charge is -2.29. The van der Waals surface area contributed by atoms with Crippen LogP contribution in [0, 0.1) is 35.0 Å². The van der Waals surface area contributed by atoms with Gasteiger partial charge in [0, 0.05) is 11.3 Å². The van der Waals surface area contributed by atoms with E-state index < -0.39 is 42.6 Å². The van der Waals surface area contributed by atoms with E-state index in [1.165, 1.54) is 13.1 Å². The van der Waals surface area contributed by atoms with Gasteiger partial charge < -0.3 is 4.43 Å². The van der Waals surface area contributed by atoms with Gasteiger partial charge in [0.05, 0.1) is 0 Å². The Hall–Kier alpha value is -0.953. The van der Waals surface area contributed by atoms with Gasteiger partial charge in [-0.25, -0.2) is 22.0 Å². The molecule has 0 heterocycles. The van der Waals surface area contributed by atoms with Crippen LogP contribution in [0.1, 0.15) is 27.2 Å². The van der Waals surface area contributed by atoms with E-state index in [4.69, 9.17) is 4.43 Å². The summed E-state index contributed by atoms with van der Waals surface area (Å²) in [5.41, 5.74) is 0. The highest BCUT2D eigenvalue weighted by atomic mass is 28.4. The van der Waals surface area contributed by atoms with Crippen molar-refractivity contribution in [2.75, 3.05) is 0 Å². The predicted octanol–water partition coefficient (Wildman–Crippen LogP) is 4.25. The van der Waals surface area contributed by atoms with Crippen molar-refractivity contribution in [3.05, 3.63) is 29.1 Å². The Morgan fingerprint density at radius 1 is 0.810 bits per heavy atom. The summed E-state index contributed by atoms with van der Waals surface area (Å²) >= 11 is 0. The summed E-state index contributed by atoms with van der Waals surface area (Å²) in [6.07, 6.45) is 0.299. The Morgan fingerprint density at radius 2 is 1.19 bits per heavy atom. The van der Waals surface area contributed by atoms with E-state index in [1.807, 2.05) is 13.8 Å². The minimum absolute atomic E-state index is 0.293. The second kappa shape index (κ2) is 6.44. The Morgan fingerprint density at radius 3 is 1.57 bits per heavy atom. The molecule has 1 aromatic carbocycles. The van der Waals surface area contributed by atoms with Crippen molar-refractivity contribution in [2.45, 2.75) is 46.4 Å². The van der Waals surface area contributed by atoms with Crippen LogP contribution in [0.5, 0.6) is 0 Å². The van der Waals surface area contributed by atoms with Crippen molar-refractivity contribution in [1.29, 1.82) is 0 Å². The molecular formula is C14H19F5OSi. The molecule has 1 rings (SSSR count). The fourth-order valence-corrected chi connectivity index (χ4v) is 4.90. The maximum Gasteiger partial charge on any atom is 0.225 e. The molecule has 0 aliphatic carbocycles. The summed E-state index contributed by atoms with van der Waals surface area (Å²) in [6, 6.07) is 0. The van der Waals surface area contributed by atoms with Gasteiger partial charge in [0.25, 0.3) is 0 Å². The average molecular weight is 326 g/mol. The van der Waals surface area contributed by atoms with E-state index in [2.05, 4.69) is 0 Å². The van der Waals surface area contributed by atoms with Crippen molar-refractivity contribution in [3.8, 4) is 0 Å². The van der Waals surface area contributed by atoms with Crippen LogP contribution in [0.15, 0.2) is 0 Å². The van der Waals surface area contributed by atoms with Gasteiger partial charge in [0.1, 0.15) is 0 Å². The fourth-order valence-electron chi connectivity index (χ4n) is 2.41. The molecule has 0 amide bonds. The molecule has 0 radical (unpaired) electrons. The van der Waals surface area contributed by atoms with Crippen molar-refractivity contribution < 1.29 is 26.4 Å². The molecule has 21 heavy (non-hydrogen) atoms. The summed E-state index contributed by atoms with van der Waals surface area (Å²) in [5.74, 6) is -9.29. The summed E-state index contributed by atoms with van der Waals surface area (Å²) < 4.78 is 73.0. The molecule has 0 aliphatic heterocycles. The third-order valence-corrected chi connectivity index (χ3v) is 5.75. The van der Waals surface area contributed by atoms with Crippen LogP contribution in [-0.2, 0) is 4.43 Å². The molecule has 0 fully saturated rings. The lowest BCUT2D eigenvalue weighted by Crippen LogP contribution is -2.51. The minimum atomic E-state index is -3.28. The van der Waals surface area contributed by atoms with E-state index in [0.29, 0.717) is 12.3 Å². The highest BCUT2D eigenvalue weighted by Gasteiger charge is 2.39. The third kappa shape index (κ3) is 3.82. The number of hydrogen-bond donors (Lipinski definition) is 0. The van der Waals surface area contributed by atoms with Gasteiger partial charge in [0.2, 0.25) is 14.1 Å². The van der Waals surface area contributed by atoms with E-state index >= 15 is 0 Å². The van der Waals surface area contributed by atoms with E-state index in [-0.39, 0.29) is 6.10 Å². The Labute approximate surface area is 122 Å². The van der Waals surface area contributed by atoms with Crippen LogP contribution in [0.4, 0.5) is 22.0 Å². The smallest absolute Gasteiger partial charge is 0.225 e. The lowest BCUT2D eigenvalue weighted by molar-refractivity contribution is 0.188. The first kappa shape index (κ1) is 18.1. The van der Waals surface area contributed by atoms with Gasteiger partial charge in [0.15, 0.2) is 23.3 Å². The molecule has 1 unspecified atom stereocenters. The van der Waals surface area contributed by atoms with Gasteiger partial charge in [-0.15, -0.1) is 0 Å². The molecule has 0 spiro atoms. The summed E-state index contributed by atoms with van der Waals surface area (Å²) in [7, 11) is -3.28. The molecule has 1 aromatic rings. The topological polar surface area (TPSA) is 9.23 Å². The lowest BCUT2D eigenvalue weighted by atomic mass is 10.1. The van der Waals surface area contributed by atoms with Crippen molar-refractivity contribution in [3.63, 3.8) is 0 Å². The van der Waals surface area contributed by atoms with E-state index in [1.54, 1.807) is 6.92 Å². The monoisotopic (exact) mass is 326 g/mol. The SMILES string of the molecule is CC(C)CC(C)O[Si](C)(C)c1c(F)c(F)c(F)c(F)c1F. The first-order valence-corrected chi connectivity index (χ1v) is 9.59. The summed E-state index contributed by atoms with van der Waals surface area (Å²) in [4.78, 5) is 0. The van der Waals surface area contributed by atoms with E-state index in [9.17, 15) is 22.0 Å². The molecule has 0 aromatic heterocycles. The first-order chi connectivity index (χ1) is 9.49. The summed E-state index contributed by atoms with van der Waals surface area (Å²) in [5, 5.41) is -0.811. The van der Waals surface area contributed by atoms with Gasteiger partial charge in [-0.1, -0.05) is 13.8 Å². The Balaban J connectivity index is 3.26. The van der Waals surface area contributed by atoms with Crippen LogP contribution < -0.4 is 5.19 Å². The second-order valence-corrected chi connectivity index (χ2v) is 9.77. The molecule has 0 aliphatic rings. The molecule has 1 nitrogen and oxygen atoms in total. The van der Waals surface area contributed by atoms with Crippen molar-refractivity contribution in [2.24, 2.45) is 5.92 Å². The van der Waals surface area contributed by atoms with Gasteiger partial charge >= 0.3 is 0 Å². The van der Waals surface area contributed by atoms with Crippen LogP contribution in [0.25, 0.3) is 0 Å². The zero-order valence-electron chi connectivity index (χ0n) is 12.7. The van der Waals surface area contributed by atoms with Gasteiger partial charge in [-0.3, -0.25) is 0 Å². The zero-order chi connectivity index (χ0) is 16.5. The molecule has 7 heteroatoms. The van der Waals surface area contributed by atoms with Crippen LogP contribution in [0.3, 0.4) is 0 Å². The maximum atomic E-state index is 13.8. The highest BCUT2D eigenvalue weighted by molar-refractivity contribution is 6.84. The fraction of sp³-hybridized carbons (Fsp3) is 0.571. The average Bonchev–Trinajstić information content (AvgIpc) is 2.32. The number of benzene rings is 1. The van der Waals surface area contributed by atoms with Gasteiger partial charge in [-0.05, 0) is 32.4 Å². The van der Waals surface area contributed by atoms with Crippen molar-refractivity contribution >= 4 is 13.5 Å². The van der Waals surface area contributed by atoms with Crippen molar-refractivity contribution in [1.82, 2.24) is 0 Å². The number of halogens is 5.